The molecule has 0 unspecified atom stereocenters. The van der Waals surface area contributed by atoms with Crippen molar-refractivity contribution in [2.24, 2.45) is 0 Å². The second-order valence-corrected chi connectivity index (χ2v) is 6.62. The first-order valence-electron chi connectivity index (χ1n) is 8.06. The second kappa shape index (κ2) is 8.48. The molecule has 0 aromatic heterocycles. The number of thioether (sulfide) groups is 1. The van der Waals surface area contributed by atoms with E-state index in [1.807, 2.05) is 17.0 Å². The van der Waals surface area contributed by atoms with Gasteiger partial charge in [0, 0.05) is 13.1 Å². The van der Waals surface area contributed by atoms with Crippen LogP contribution in [0, 0.1) is 0 Å². The summed E-state index contributed by atoms with van der Waals surface area (Å²) in [6.07, 6.45) is 1.71. The highest BCUT2D eigenvalue weighted by Gasteiger charge is 2.36. The Morgan fingerprint density at radius 3 is 2.60 bits per heavy atom. The minimum Gasteiger partial charge on any atom is -0.491 e. The summed E-state index contributed by atoms with van der Waals surface area (Å²) in [5, 5.41) is 8.50. The zero-order valence-corrected chi connectivity index (χ0v) is 14.5. The number of ether oxygens (including phenoxy) is 2. The first-order chi connectivity index (χ1) is 12.2. The van der Waals surface area contributed by atoms with E-state index in [9.17, 15) is 9.59 Å². The zero-order chi connectivity index (χ0) is 17.6. The van der Waals surface area contributed by atoms with E-state index in [0.717, 1.165) is 30.4 Å². The van der Waals surface area contributed by atoms with Gasteiger partial charge in [0.15, 0.2) is 0 Å². The number of imide groups is 1. The second-order valence-electron chi connectivity index (χ2n) is 5.62. The lowest BCUT2D eigenvalue weighted by Gasteiger charge is -2.29. The van der Waals surface area contributed by atoms with Crippen molar-refractivity contribution in [3.8, 4) is 5.75 Å². The lowest BCUT2D eigenvalue weighted by Crippen LogP contribution is -2.45. The summed E-state index contributed by atoms with van der Waals surface area (Å²) < 4.78 is 10.6. The number of hydrogen-bond donors (Lipinski definition) is 1. The first kappa shape index (κ1) is 17.9. The third-order valence-corrected chi connectivity index (χ3v) is 4.76. The molecule has 2 saturated heterocycles. The van der Waals surface area contributed by atoms with E-state index < -0.39 is 0 Å². The van der Waals surface area contributed by atoms with Gasteiger partial charge in [0.25, 0.3) is 11.1 Å². The quantitative estimate of drug-likeness (QED) is 0.764. The van der Waals surface area contributed by atoms with Crippen molar-refractivity contribution in [1.82, 2.24) is 9.80 Å². The predicted molar refractivity (Wildman–Crippen MR) is 94.1 cm³/mol. The van der Waals surface area contributed by atoms with Gasteiger partial charge in [-0.3, -0.25) is 19.4 Å². The van der Waals surface area contributed by atoms with Crippen LogP contribution in [-0.2, 0) is 9.53 Å². The van der Waals surface area contributed by atoms with Crippen LogP contribution in [0.15, 0.2) is 29.2 Å². The molecule has 0 saturated carbocycles. The molecule has 0 spiro atoms. The van der Waals surface area contributed by atoms with Gasteiger partial charge in [0.05, 0.1) is 31.4 Å². The van der Waals surface area contributed by atoms with Crippen LogP contribution in [-0.4, -0.2) is 72.2 Å². The van der Waals surface area contributed by atoms with Crippen LogP contribution in [0.25, 0.3) is 6.08 Å². The molecule has 0 aliphatic carbocycles. The van der Waals surface area contributed by atoms with Gasteiger partial charge in [-0.05, 0) is 35.5 Å². The molecular weight excluding hydrogens is 344 g/mol. The standard InChI is InChI=1S/C17H20N2O5S/c20-7-10-24-14-3-1-13(2-4-14)11-15-16(21)19(17(22)25-15)12-18-5-8-23-9-6-18/h1-4,11,20H,5-10,12H2. The van der Waals surface area contributed by atoms with Crippen molar-refractivity contribution < 1.29 is 24.2 Å². The number of benzene rings is 1. The highest BCUT2D eigenvalue weighted by molar-refractivity contribution is 8.18. The Hall–Kier alpha value is -1.87. The maximum atomic E-state index is 12.5. The molecule has 2 fully saturated rings. The van der Waals surface area contributed by atoms with Crippen LogP contribution in [0.2, 0.25) is 0 Å². The van der Waals surface area contributed by atoms with Crippen LogP contribution in [0.1, 0.15) is 5.56 Å². The summed E-state index contributed by atoms with van der Waals surface area (Å²) in [5.74, 6) is 0.383. The molecule has 0 radical (unpaired) electrons. The molecule has 1 N–H and O–H groups in total. The lowest BCUT2D eigenvalue weighted by molar-refractivity contribution is -0.125. The van der Waals surface area contributed by atoms with E-state index in [4.69, 9.17) is 14.6 Å². The molecular formula is C17H20N2O5S. The molecule has 134 valence electrons. The Bertz CT molecular complexity index is 656. The van der Waals surface area contributed by atoms with Crippen LogP contribution in [0.4, 0.5) is 4.79 Å². The third-order valence-electron chi connectivity index (χ3n) is 3.86. The molecule has 0 bridgehead atoms. The molecule has 2 aliphatic rings. The normalized spacial score (nSPS) is 20.5. The summed E-state index contributed by atoms with van der Waals surface area (Å²) >= 11 is 0.960. The SMILES string of the molecule is O=C1SC(=Cc2ccc(OCCO)cc2)C(=O)N1CN1CCOCC1. The topological polar surface area (TPSA) is 79.3 Å². The number of amides is 2. The number of hydrogen-bond acceptors (Lipinski definition) is 7. The van der Waals surface area contributed by atoms with Crippen molar-refractivity contribution in [3.05, 3.63) is 34.7 Å². The van der Waals surface area contributed by atoms with Crippen LogP contribution >= 0.6 is 11.8 Å². The monoisotopic (exact) mass is 364 g/mol. The van der Waals surface area contributed by atoms with Gasteiger partial charge in [-0.2, -0.15) is 0 Å². The lowest BCUT2D eigenvalue weighted by atomic mass is 10.2. The number of carbonyl (C=O) groups is 2. The Balaban J connectivity index is 1.65. The number of rotatable bonds is 6. The zero-order valence-electron chi connectivity index (χ0n) is 13.7. The van der Waals surface area contributed by atoms with E-state index in [1.165, 1.54) is 4.90 Å². The number of aliphatic hydroxyl groups excluding tert-OH is 1. The molecule has 7 nitrogen and oxygen atoms in total. The molecule has 2 amide bonds. The molecule has 2 heterocycles. The van der Waals surface area contributed by atoms with Gasteiger partial charge in [0.2, 0.25) is 0 Å². The minimum absolute atomic E-state index is 0.0436. The van der Waals surface area contributed by atoms with E-state index in [1.54, 1.807) is 18.2 Å². The van der Waals surface area contributed by atoms with Crippen molar-refractivity contribution in [2.75, 3.05) is 46.2 Å². The number of carbonyl (C=O) groups excluding carboxylic acids is 2. The fourth-order valence-electron chi connectivity index (χ4n) is 2.54. The summed E-state index contributed by atoms with van der Waals surface area (Å²) in [6.45, 7) is 3.18. The number of morpholine rings is 1. The molecule has 8 heteroatoms. The molecule has 3 rings (SSSR count). The molecule has 25 heavy (non-hydrogen) atoms. The fourth-order valence-corrected chi connectivity index (χ4v) is 3.37. The predicted octanol–water partition coefficient (Wildman–Crippen LogP) is 1.38. The van der Waals surface area contributed by atoms with Gasteiger partial charge < -0.3 is 14.6 Å². The van der Waals surface area contributed by atoms with Gasteiger partial charge >= 0.3 is 0 Å². The first-order valence-corrected chi connectivity index (χ1v) is 8.88. The minimum atomic E-state index is -0.262. The van der Waals surface area contributed by atoms with Crippen molar-refractivity contribution >= 4 is 29.0 Å². The van der Waals surface area contributed by atoms with Crippen molar-refractivity contribution in [2.45, 2.75) is 0 Å². The van der Waals surface area contributed by atoms with E-state index in [-0.39, 0.29) is 24.4 Å². The van der Waals surface area contributed by atoms with Crippen LogP contribution < -0.4 is 4.74 Å². The number of aliphatic hydroxyl groups is 1. The summed E-state index contributed by atoms with van der Waals surface area (Å²) in [4.78, 5) is 28.4. The highest BCUT2D eigenvalue weighted by Crippen LogP contribution is 2.32. The Kier molecular flexibility index (Phi) is 6.09. The van der Waals surface area contributed by atoms with Crippen LogP contribution in [0.5, 0.6) is 5.75 Å². The van der Waals surface area contributed by atoms with Gasteiger partial charge in [-0.15, -0.1) is 0 Å². The maximum Gasteiger partial charge on any atom is 0.294 e. The molecule has 0 atom stereocenters. The Morgan fingerprint density at radius 2 is 1.92 bits per heavy atom. The fraction of sp³-hybridized carbons (Fsp3) is 0.412. The van der Waals surface area contributed by atoms with Gasteiger partial charge in [-0.1, -0.05) is 12.1 Å². The average Bonchev–Trinajstić information content (AvgIpc) is 2.89. The summed E-state index contributed by atoms with van der Waals surface area (Å²) in [5.41, 5.74) is 0.813. The molecule has 1 aromatic carbocycles. The summed E-state index contributed by atoms with van der Waals surface area (Å²) in [6, 6.07) is 7.14. The molecule has 2 aliphatic heterocycles. The van der Waals surface area contributed by atoms with E-state index >= 15 is 0 Å². The van der Waals surface area contributed by atoms with Gasteiger partial charge in [0.1, 0.15) is 12.4 Å². The third kappa shape index (κ3) is 4.60. The Morgan fingerprint density at radius 1 is 1.20 bits per heavy atom. The van der Waals surface area contributed by atoms with E-state index in [0.29, 0.717) is 30.5 Å². The van der Waals surface area contributed by atoms with E-state index in [2.05, 4.69) is 0 Å². The van der Waals surface area contributed by atoms with Gasteiger partial charge in [-0.25, -0.2) is 0 Å². The highest BCUT2D eigenvalue weighted by atomic mass is 32.2. The smallest absolute Gasteiger partial charge is 0.294 e. The van der Waals surface area contributed by atoms with Crippen molar-refractivity contribution in [1.29, 1.82) is 0 Å². The average molecular weight is 364 g/mol. The van der Waals surface area contributed by atoms with Crippen LogP contribution in [0.3, 0.4) is 0 Å². The summed E-state index contributed by atoms with van der Waals surface area (Å²) in [7, 11) is 0. The molecule has 1 aromatic rings. The number of nitrogens with zero attached hydrogens (tertiary/aromatic N) is 2. The Labute approximate surface area is 150 Å². The maximum absolute atomic E-state index is 12.5. The van der Waals surface area contributed by atoms with Crippen molar-refractivity contribution in [3.63, 3.8) is 0 Å². The largest absolute Gasteiger partial charge is 0.491 e.